The summed E-state index contributed by atoms with van der Waals surface area (Å²) in [5, 5.41) is 4.58. The molecule has 5 rings (SSSR count). The minimum Gasteiger partial charge on any atom is -0.327 e. The molecule has 0 aromatic carbocycles. The van der Waals surface area contributed by atoms with E-state index in [4.69, 9.17) is 5.73 Å². The van der Waals surface area contributed by atoms with E-state index in [9.17, 15) is 0 Å². The predicted molar refractivity (Wildman–Crippen MR) is 84.8 cm³/mol. The average Bonchev–Trinajstić information content (AvgIpc) is 2.78. The first kappa shape index (κ1) is 13.8. The van der Waals surface area contributed by atoms with Gasteiger partial charge < -0.3 is 5.73 Å². The van der Waals surface area contributed by atoms with Crippen molar-refractivity contribution in [3.8, 4) is 0 Å². The molecule has 3 heteroatoms. The third kappa shape index (κ3) is 2.34. The fourth-order valence-corrected chi connectivity index (χ4v) is 5.98. The summed E-state index contributed by atoms with van der Waals surface area (Å²) in [5.74, 6) is 4.71. The van der Waals surface area contributed by atoms with Gasteiger partial charge in [0.2, 0.25) is 0 Å². The lowest BCUT2D eigenvalue weighted by Gasteiger charge is -2.56. The van der Waals surface area contributed by atoms with E-state index in [1.165, 1.54) is 43.5 Å². The van der Waals surface area contributed by atoms with E-state index >= 15 is 0 Å². The molecule has 1 aromatic rings. The molecular weight excluding hydrogens is 258 g/mol. The summed E-state index contributed by atoms with van der Waals surface area (Å²) in [5.41, 5.74) is 9.24. The molecule has 4 fully saturated rings. The van der Waals surface area contributed by atoms with Gasteiger partial charge in [0.25, 0.3) is 0 Å². The van der Waals surface area contributed by atoms with Crippen LogP contribution in [0.4, 0.5) is 0 Å². The Balaban J connectivity index is 1.49. The molecule has 0 amide bonds. The summed E-state index contributed by atoms with van der Waals surface area (Å²) in [6, 6.07) is 2.59. The average molecular weight is 287 g/mol. The first-order valence-electron chi connectivity index (χ1n) is 8.91. The van der Waals surface area contributed by atoms with Crippen LogP contribution < -0.4 is 5.73 Å². The lowest BCUT2D eigenvalue weighted by atomic mass is 9.50. The van der Waals surface area contributed by atoms with Crippen LogP contribution in [0, 0.1) is 29.6 Å². The van der Waals surface area contributed by atoms with Gasteiger partial charge in [0, 0.05) is 25.2 Å². The summed E-state index contributed by atoms with van der Waals surface area (Å²) >= 11 is 0. The van der Waals surface area contributed by atoms with Gasteiger partial charge in [0.1, 0.15) is 0 Å². The van der Waals surface area contributed by atoms with Crippen molar-refractivity contribution in [3.63, 3.8) is 0 Å². The zero-order chi connectivity index (χ0) is 14.6. The maximum absolute atomic E-state index is 6.71. The molecule has 116 valence electrons. The first-order valence-corrected chi connectivity index (χ1v) is 8.91. The molecule has 4 aliphatic carbocycles. The fraction of sp³-hybridized carbons (Fsp3) is 0.833. The molecule has 3 nitrogen and oxygen atoms in total. The topological polar surface area (TPSA) is 43.8 Å². The number of nitrogens with two attached hydrogens (primary N) is 1. The Morgan fingerprint density at radius 2 is 1.81 bits per heavy atom. The zero-order valence-corrected chi connectivity index (χ0v) is 13.5. The van der Waals surface area contributed by atoms with E-state index in [0.717, 1.165) is 42.4 Å². The van der Waals surface area contributed by atoms with Crippen LogP contribution in [0.25, 0.3) is 0 Å². The summed E-state index contributed by atoms with van der Waals surface area (Å²) in [7, 11) is 2.07. The van der Waals surface area contributed by atoms with Crippen molar-refractivity contribution < 1.29 is 0 Å². The van der Waals surface area contributed by atoms with Crippen LogP contribution in [-0.2, 0) is 19.9 Å². The number of hydrogen-bond donors (Lipinski definition) is 1. The minimum absolute atomic E-state index is 0.333. The summed E-state index contributed by atoms with van der Waals surface area (Å²) in [4.78, 5) is 0. The van der Waals surface area contributed by atoms with Crippen molar-refractivity contribution in [2.45, 2.75) is 57.9 Å². The number of nitrogens with zero attached hydrogens (tertiary/aromatic N) is 2. The quantitative estimate of drug-likeness (QED) is 0.925. The van der Waals surface area contributed by atoms with Gasteiger partial charge in [-0.3, -0.25) is 4.68 Å². The molecule has 1 heterocycles. The van der Waals surface area contributed by atoms with Crippen molar-refractivity contribution >= 4 is 0 Å². The van der Waals surface area contributed by atoms with Crippen molar-refractivity contribution in [1.82, 2.24) is 9.78 Å². The molecule has 0 aliphatic heterocycles. The predicted octanol–water partition coefficient (Wildman–Crippen LogP) is 2.92. The van der Waals surface area contributed by atoms with Gasteiger partial charge in [-0.05, 0) is 74.2 Å². The van der Waals surface area contributed by atoms with E-state index in [1.807, 2.05) is 0 Å². The highest BCUT2D eigenvalue weighted by Crippen LogP contribution is 2.57. The second-order valence-corrected chi connectivity index (χ2v) is 7.98. The van der Waals surface area contributed by atoms with Crippen LogP contribution in [-0.4, -0.2) is 15.8 Å². The van der Waals surface area contributed by atoms with Crippen molar-refractivity contribution in [2.75, 3.05) is 0 Å². The molecule has 4 aliphatic rings. The van der Waals surface area contributed by atoms with E-state index in [1.54, 1.807) is 0 Å². The lowest BCUT2D eigenvalue weighted by Crippen LogP contribution is -2.52. The third-order valence-electron chi connectivity index (χ3n) is 6.63. The SMILES string of the molecule is CCc1cc(CC(N)C2C3CC4CC(C3)CC2C4)n(C)n1. The van der Waals surface area contributed by atoms with Gasteiger partial charge in [0.05, 0.1) is 5.69 Å². The molecule has 1 atom stereocenters. The zero-order valence-electron chi connectivity index (χ0n) is 13.5. The van der Waals surface area contributed by atoms with Crippen LogP contribution in [0.1, 0.15) is 50.4 Å². The van der Waals surface area contributed by atoms with Gasteiger partial charge in [-0.25, -0.2) is 0 Å². The van der Waals surface area contributed by atoms with Crippen molar-refractivity contribution in [1.29, 1.82) is 0 Å². The Morgan fingerprint density at radius 1 is 1.19 bits per heavy atom. The minimum atomic E-state index is 0.333. The van der Waals surface area contributed by atoms with Gasteiger partial charge in [0.15, 0.2) is 0 Å². The first-order chi connectivity index (χ1) is 10.1. The lowest BCUT2D eigenvalue weighted by molar-refractivity contribution is -0.0466. The molecule has 0 saturated heterocycles. The van der Waals surface area contributed by atoms with E-state index in [-0.39, 0.29) is 0 Å². The molecule has 0 spiro atoms. The van der Waals surface area contributed by atoms with Crippen LogP contribution in [0.3, 0.4) is 0 Å². The van der Waals surface area contributed by atoms with Gasteiger partial charge in [-0.1, -0.05) is 6.92 Å². The summed E-state index contributed by atoms with van der Waals surface area (Å²) in [6.45, 7) is 2.17. The van der Waals surface area contributed by atoms with Gasteiger partial charge >= 0.3 is 0 Å². The Hall–Kier alpha value is -0.830. The summed E-state index contributed by atoms with van der Waals surface area (Å²) < 4.78 is 2.05. The maximum atomic E-state index is 6.71. The molecule has 1 unspecified atom stereocenters. The Bertz CT molecular complexity index is 491. The number of hydrogen-bond acceptors (Lipinski definition) is 2. The summed E-state index contributed by atoms with van der Waals surface area (Å²) in [6.07, 6.45) is 9.43. The van der Waals surface area contributed by atoms with Crippen LogP contribution in [0.15, 0.2) is 6.07 Å². The standard InChI is InChI=1S/C18H29N3/c1-3-15-9-16(21(2)20-15)10-17(19)18-13-5-11-4-12(7-13)8-14(18)6-11/h9,11-14,17-18H,3-8,10,19H2,1-2H3. The highest BCUT2D eigenvalue weighted by atomic mass is 15.3. The normalized spacial score (nSPS) is 38.9. The Labute approximate surface area is 128 Å². The van der Waals surface area contributed by atoms with Crippen LogP contribution in [0.5, 0.6) is 0 Å². The third-order valence-corrected chi connectivity index (χ3v) is 6.63. The maximum Gasteiger partial charge on any atom is 0.0624 e. The van der Waals surface area contributed by atoms with Gasteiger partial charge in [-0.2, -0.15) is 5.10 Å². The largest absolute Gasteiger partial charge is 0.327 e. The van der Waals surface area contributed by atoms with Crippen molar-refractivity contribution in [3.05, 3.63) is 17.5 Å². The molecule has 0 radical (unpaired) electrons. The van der Waals surface area contributed by atoms with E-state index in [2.05, 4.69) is 29.8 Å². The molecule has 4 bridgehead atoms. The Kier molecular flexibility index (Phi) is 3.36. The monoisotopic (exact) mass is 287 g/mol. The smallest absolute Gasteiger partial charge is 0.0624 e. The Morgan fingerprint density at radius 3 is 2.33 bits per heavy atom. The van der Waals surface area contributed by atoms with E-state index < -0.39 is 0 Å². The highest BCUT2D eigenvalue weighted by Gasteiger charge is 2.49. The molecule has 1 aromatic heterocycles. The van der Waals surface area contributed by atoms with Crippen LogP contribution in [0.2, 0.25) is 0 Å². The second-order valence-electron chi connectivity index (χ2n) is 7.98. The number of aromatic nitrogens is 2. The number of rotatable bonds is 4. The fourth-order valence-electron chi connectivity index (χ4n) is 5.98. The number of aryl methyl sites for hydroxylation is 2. The molecule has 2 N–H and O–H groups in total. The van der Waals surface area contributed by atoms with Crippen molar-refractivity contribution in [2.24, 2.45) is 42.4 Å². The van der Waals surface area contributed by atoms with Crippen LogP contribution >= 0.6 is 0 Å². The molecule has 21 heavy (non-hydrogen) atoms. The molecule has 4 saturated carbocycles. The highest BCUT2D eigenvalue weighted by molar-refractivity contribution is 5.13. The second kappa shape index (κ2) is 5.12. The van der Waals surface area contributed by atoms with E-state index in [0.29, 0.717) is 6.04 Å². The molecular formula is C18H29N3. The van der Waals surface area contributed by atoms with Gasteiger partial charge in [-0.15, -0.1) is 0 Å².